The van der Waals surface area contributed by atoms with Crippen molar-refractivity contribution in [3.05, 3.63) is 70.6 Å². The summed E-state index contributed by atoms with van der Waals surface area (Å²) in [4.78, 5) is 20.2. The Labute approximate surface area is 161 Å². The number of benzene rings is 1. The summed E-state index contributed by atoms with van der Waals surface area (Å²) in [6, 6.07) is 11.3. The molecule has 2 aromatic heterocycles. The van der Waals surface area contributed by atoms with E-state index in [0.717, 1.165) is 5.56 Å². The summed E-state index contributed by atoms with van der Waals surface area (Å²) in [6.07, 6.45) is 1.06. The highest BCUT2D eigenvalue weighted by Gasteiger charge is 2.17. The molecule has 1 N–H and O–H groups in total. The largest absolute Gasteiger partial charge is 0.479 e. The van der Waals surface area contributed by atoms with Crippen molar-refractivity contribution in [2.45, 2.75) is 32.9 Å². The quantitative estimate of drug-likeness (QED) is 0.625. The predicted octanol–water partition coefficient (Wildman–Crippen LogP) is 3.43. The maximum Gasteiger partial charge on any atom is 0.267 e. The minimum absolute atomic E-state index is 0.0323. The molecule has 27 heavy (non-hydrogen) atoms. The first-order valence-corrected chi connectivity index (χ1v) is 8.80. The van der Waals surface area contributed by atoms with Gasteiger partial charge in [-0.05, 0) is 31.5 Å². The SMILES string of the molecule is Cc1ccc(CNC(=O)Cc2noc([C@H](C)Oc3ccc(Cl)nc3)n2)cc1. The molecular weight excluding hydrogens is 368 g/mol. The molecule has 2 heterocycles. The molecule has 3 rings (SSSR count). The number of hydrogen-bond donors (Lipinski definition) is 1. The number of rotatable bonds is 7. The van der Waals surface area contributed by atoms with Gasteiger partial charge < -0.3 is 14.6 Å². The van der Waals surface area contributed by atoms with Crippen molar-refractivity contribution in [3.63, 3.8) is 0 Å². The van der Waals surface area contributed by atoms with E-state index in [1.165, 1.54) is 11.8 Å². The minimum atomic E-state index is -0.482. The molecule has 0 saturated carbocycles. The summed E-state index contributed by atoms with van der Waals surface area (Å²) < 4.78 is 10.9. The van der Waals surface area contributed by atoms with Crippen LogP contribution < -0.4 is 10.1 Å². The second-order valence-corrected chi connectivity index (χ2v) is 6.45. The van der Waals surface area contributed by atoms with Crippen molar-refractivity contribution in [3.8, 4) is 5.75 Å². The Morgan fingerprint density at radius 3 is 2.74 bits per heavy atom. The van der Waals surface area contributed by atoms with E-state index in [-0.39, 0.29) is 18.2 Å². The Hall–Kier alpha value is -2.93. The summed E-state index contributed by atoms with van der Waals surface area (Å²) in [5.41, 5.74) is 2.21. The van der Waals surface area contributed by atoms with Gasteiger partial charge in [0, 0.05) is 6.54 Å². The van der Waals surface area contributed by atoms with E-state index in [1.807, 2.05) is 31.2 Å². The Bertz CT molecular complexity index is 894. The first-order valence-electron chi connectivity index (χ1n) is 8.42. The number of amides is 1. The predicted molar refractivity (Wildman–Crippen MR) is 99.3 cm³/mol. The molecule has 0 saturated heterocycles. The van der Waals surface area contributed by atoms with Gasteiger partial charge in [0.05, 0.1) is 12.6 Å². The van der Waals surface area contributed by atoms with E-state index in [0.29, 0.717) is 23.3 Å². The number of pyridine rings is 1. The van der Waals surface area contributed by atoms with Gasteiger partial charge in [0.1, 0.15) is 10.9 Å². The molecule has 0 aliphatic carbocycles. The second kappa shape index (κ2) is 8.64. The lowest BCUT2D eigenvalue weighted by molar-refractivity contribution is -0.120. The first-order chi connectivity index (χ1) is 13.0. The van der Waals surface area contributed by atoms with Crippen molar-refractivity contribution in [1.82, 2.24) is 20.4 Å². The summed E-state index contributed by atoms with van der Waals surface area (Å²) in [5, 5.41) is 7.06. The molecule has 0 radical (unpaired) electrons. The number of ether oxygens (including phenoxy) is 1. The summed E-state index contributed by atoms with van der Waals surface area (Å²) in [7, 11) is 0. The molecule has 7 nitrogen and oxygen atoms in total. The third kappa shape index (κ3) is 5.52. The zero-order valence-electron chi connectivity index (χ0n) is 15.0. The molecule has 8 heteroatoms. The number of carbonyl (C=O) groups is 1. The fourth-order valence-corrected chi connectivity index (χ4v) is 2.42. The topological polar surface area (TPSA) is 90.1 Å². The van der Waals surface area contributed by atoms with Crippen LogP contribution in [0.4, 0.5) is 0 Å². The van der Waals surface area contributed by atoms with Gasteiger partial charge in [-0.3, -0.25) is 4.79 Å². The van der Waals surface area contributed by atoms with Crippen molar-refractivity contribution in [1.29, 1.82) is 0 Å². The highest BCUT2D eigenvalue weighted by molar-refractivity contribution is 6.29. The fourth-order valence-electron chi connectivity index (χ4n) is 2.30. The maximum atomic E-state index is 12.1. The number of halogens is 1. The summed E-state index contributed by atoms with van der Waals surface area (Å²) >= 11 is 5.74. The van der Waals surface area contributed by atoms with Gasteiger partial charge in [0.15, 0.2) is 11.9 Å². The van der Waals surface area contributed by atoms with Crippen LogP contribution in [0.5, 0.6) is 5.75 Å². The number of carbonyl (C=O) groups excluding carboxylic acids is 1. The number of aryl methyl sites for hydroxylation is 1. The smallest absolute Gasteiger partial charge is 0.267 e. The van der Waals surface area contributed by atoms with E-state index in [4.69, 9.17) is 20.9 Å². The molecule has 0 spiro atoms. The molecule has 140 valence electrons. The molecule has 0 aliphatic heterocycles. The molecule has 1 atom stereocenters. The zero-order chi connectivity index (χ0) is 19.2. The minimum Gasteiger partial charge on any atom is -0.479 e. The van der Waals surface area contributed by atoms with Crippen molar-refractivity contribution >= 4 is 17.5 Å². The first kappa shape index (κ1) is 18.8. The van der Waals surface area contributed by atoms with Crippen LogP contribution in [-0.4, -0.2) is 21.0 Å². The summed E-state index contributed by atoms with van der Waals surface area (Å²) in [6.45, 7) is 4.24. The lowest BCUT2D eigenvalue weighted by Crippen LogP contribution is -2.25. The average molecular weight is 387 g/mol. The van der Waals surface area contributed by atoms with Crippen LogP contribution >= 0.6 is 11.6 Å². The third-order valence-corrected chi connectivity index (χ3v) is 4.00. The van der Waals surface area contributed by atoms with Crippen LogP contribution in [0.1, 0.15) is 35.9 Å². The molecule has 3 aromatic rings. The number of aromatic nitrogens is 3. The van der Waals surface area contributed by atoms with E-state index >= 15 is 0 Å². The van der Waals surface area contributed by atoms with Crippen molar-refractivity contribution in [2.75, 3.05) is 0 Å². The summed E-state index contributed by atoms with van der Waals surface area (Å²) in [5.74, 6) is 0.934. The van der Waals surface area contributed by atoms with Crippen LogP contribution in [0.3, 0.4) is 0 Å². The average Bonchev–Trinajstić information content (AvgIpc) is 3.12. The lowest BCUT2D eigenvalue weighted by atomic mass is 10.1. The Morgan fingerprint density at radius 2 is 2.04 bits per heavy atom. The van der Waals surface area contributed by atoms with E-state index < -0.39 is 6.10 Å². The fraction of sp³-hybridized carbons (Fsp3) is 0.263. The van der Waals surface area contributed by atoms with Gasteiger partial charge in [-0.1, -0.05) is 46.6 Å². The normalized spacial score (nSPS) is 11.8. The van der Waals surface area contributed by atoms with Gasteiger partial charge in [0.2, 0.25) is 5.91 Å². The highest BCUT2D eigenvalue weighted by atomic mass is 35.5. The molecule has 1 aromatic carbocycles. The molecule has 0 aliphatic rings. The monoisotopic (exact) mass is 386 g/mol. The van der Waals surface area contributed by atoms with E-state index in [1.54, 1.807) is 19.1 Å². The Kier molecular flexibility index (Phi) is 6.03. The van der Waals surface area contributed by atoms with Gasteiger partial charge in [-0.15, -0.1) is 0 Å². The second-order valence-electron chi connectivity index (χ2n) is 6.06. The van der Waals surface area contributed by atoms with Gasteiger partial charge >= 0.3 is 0 Å². The van der Waals surface area contributed by atoms with Crippen molar-refractivity contribution in [2.24, 2.45) is 0 Å². The highest BCUT2D eigenvalue weighted by Crippen LogP contribution is 2.20. The maximum absolute atomic E-state index is 12.1. The lowest BCUT2D eigenvalue weighted by Gasteiger charge is -2.09. The van der Waals surface area contributed by atoms with Crippen LogP contribution in [0.25, 0.3) is 0 Å². The molecule has 0 fully saturated rings. The Morgan fingerprint density at radius 1 is 1.26 bits per heavy atom. The van der Waals surface area contributed by atoms with Crippen LogP contribution in [0.15, 0.2) is 47.1 Å². The number of nitrogens with one attached hydrogen (secondary N) is 1. The van der Waals surface area contributed by atoms with Crippen LogP contribution in [-0.2, 0) is 17.8 Å². The third-order valence-electron chi connectivity index (χ3n) is 3.77. The zero-order valence-corrected chi connectivity index (χ0v) is 15.7. The molecule has 0 unspecified atom stereocenters. The van der Waals surface area contributed by atoms with Crippen LogP contribution in [0.2, 0.25) is 5.15 Å². The van der Waals surface area contributed by atoms with E-state index in [2.05, 4.69) is 20.4 Å². The van der Waals surface area contributed by atoms with Gasteiger partial charge in [0.25, 0.3) is 5.89 Å². The van der Waals surface area contributed by atoms with Gasteiger partial charge in [-0.2, -0.15) is 4.98 Å². The molecular formula is C19H19ClN4O3. The standard InChI is InChI=1S/C19H19ClN4O3/c1-12-3-5-14(6-4-12)10-22-18(25)9-17-23-19(27-24-17)13(2)26-15-7-8-16(20)21-11-15/h3-8,11,13H,9-10H2,1-2H3,(H,22,25)/t13-/m0/s1. The van der Waals surface area contributed by atoms with Crippen LogP contribution in [0, 0.1) is 6.92 Å². The van der Waals surface area contributed by atoms with Crippen molar-refractivity contribution < 1.29 is 14.1 Å². The molecule has 1 amide bonds. The van der Waals surface area contributed by atoms with Gasteiger partial charge in [-0.25, -0.2) is 4.98 Å². The number of hydrogen-bond acceptors (Lipinski definition) is 6. The molecule has 0 bridgehead atoms. The van der Waals surface area contributed by atoms with E-state index in [9.17, 15) is 4.79 Å². The number of nitrogens with zero attached hydrogens (tertiary/aromatic N) is 3. The Balaban J connectivity index is 1.51.